The van der Waals surface area contributed by atoms with E-state index in [4.69, 9.17) is 12.2 Å². The number of hydrogen-bond donors (Lipinski definition) is 1. The van der Waals surface area contributed by atoms with Gasteiger partial charge in [0.15, 0.2) is 0 Å². The number of aromatic amines is 1. The SMILES string of the molecule is S=c1nn[nH]n1Cc1ccncn1. The largest absolute Gasteiger partial charge is 0.245 e. The number of nitrogens with zero attached hydrogens (tertiary/aromatic N) is 5. The Morgan fingerprint density at radius 3 is 3.08 bits per heavy atom. The Bertz CT molecular complexity index is 432. The molecule has 7 heteroatoms. The molecule has 1 N–H and O–H groups in total. The predicted molar refractivity (Wildman–Crippen MR) is 46.3 cm³/mol. The lowest BCUT2D eigenvalue weighted by atomic mass is 10.4. The zero-order valence-corrected chi connectivity index (χ0v) is 7.40. The molecule has 0 aliphatic rings. The fourth-order valence-corrected chi connectivity index (χ4v) is 1.04. The van der Waals surface area contributed by atoms with Crippen molar-refractivity contribution in [3.05, 3.63) is 29.1 Å². The molecule has 0 aromatic carbocycles. The molecule has 2 rings (SSSR count). The van der Waals surface area contributed by atoms with Gasteiger partial charge < -0.3 is 0 Å². The molecule has 66 valence electrons. The number of rotatable bonds is 2. The molecule has 0 bridgehead atoms. The quantitative estimate of drug-likeness (QED) is 0.690. The van der Waals surface area contributed by atoms with Gasteiger partial charge in [0.2, 0.25) is 4.77 Å². The average Bonchev–Trinajstić information content (AvgIpc) is 2.54. The highest BCUT2D eigenvalue weighted by Gasteiger charge is 1.97. The van der Waals surface area contributed by atoms with E-state index in [1.807, 2.05) is 6.07 Å². The van der Waals surface area contributed by atoms with Gasteiger partial charge >= 0.3 is 0 Å². The molecule has 0 radical (unpaired) electrons. The van der Waals surface area contributed by atoms with E-state index < -0.39 is 0 Å². The summed E-state index contributed by atoms with van der Waals surface area (Å²) in [6.45, 7) is 0.536. The standard InChI is InChI=1S/C6H6N6S/c13-6-9-10-11-12(6)3-5-1-2-7-4-8-5/h1-2,4H,3H2,(H,9,11,13). The normalized spacial score (nSPS) is 10.2. The van der Waals surface area contributed by atoms with E-state index in [1.54, 1.807) is 10.9 Å². The van der Waals surface area contributed by atoms with Gasteiger partial charge in [0.1, 0.15) is 6.33 Å². The molecular weight excluding hydrogens is 188 g/mol. The number of aromatic nitrogens is 6. The monoisotopic (exact) mass is 194 g/mol. The molecule has 13 heavy (non-hydrogen) atoms. The molecule has 2 aromatic heterocycles. The smallest absolute Gasteiger partial charge is 0.238 e. The summed E-state index contributed by atoms with van der Waals surface area (Å²) in [5.74, 6) is 0. The molecule has 0 fully saturated rings. The van der Waals surface area contributed by atoms with Crippen LogP contribution in [0.1, 0.15) is 5.69 Å². The lowest BCUT2D eigenvalue weighted by Gasteiger charge is -1.98. The summed E-state index contributed by atoms with van der Waals surface area (Å²) in [5, 5.41) is 9.84. The second kappa shape index (κ2) is 3.40. The molecule has 0 aliphatic heterocycles. The maximum Gasteiger partial charge on any atom is 0.238 e. The summed E-state index contributed by atoms with van der Waals surface area (Å²) in [6.07, 6.45) is 3.17. The van der Waals surface area contributed by atoms with Gasteiger partial charge in [-0.3, -0.25) is 0 Å². The van der Waals surface area contributed by atoms with E-state index in [9.17, 15) is 0 Å². The van der Waals surface area contributed by atoms with E-state index in [1.165, 1.54) is 6.33 Å². The predicted octanol–water partition coefficient (Wildman–Crippen LogP) is 0.174. The minimum absolute atomic E-state index is 0.415. The first-order valence-electron chi connectivity index (χ1n) is 3.59. The third-order valence-corrected chi connectivity index (χ3v) is 1.80. The highest BCUT2D eigenvalue weighted by molar-refractivity contribution is 7.71. The zero-order chi connectivity index (χ0) is 9.10. The minimum atomic E-state index is 0.415. The van der Waals surface area contributed by atoms with Crippen molar-refractivity contribution in [1.82, 2.24) is 30.2 Å². The Balaban J connectivity index is 2.25. The van der Waals surface area contributed by atoms with Crippen molar-refractivity contribution in [1.29, 1.82) is 0 Å². The highest BCUT2D eigenvalue weighted by atomic mass is 32.1. The van der Waals surface area contributed by atoms with Crippen molar-refractivity contribution >= 4 is 12.2 Å². The van der Waals surface area contributed by atoms with Crippen molar-refractivity contribution < 1.29 is 0 Å². The Kier molecular flexibility index (Phi) is 2.09. The molecule has 2 aromatic rings. The third-order valence-electron chi connectivity index (χ3n) is 1.50. The zero-order valence-electron chi connectivity index (χ0n) is 6.58. The van der Waals surface area contributed by atoms with Gasteiger partial charge in [0.25, 0.3) is 0 Å². The van der Waals surface area contributed by atoms with E-state index in [2.05, 4.69) is 25.5 Å². The molecule has 0 saturated carbocycles. The van der Waals surface area contributed by atoms with Crippen LogP contribution >= 0.6 is 12.2 Å². The number of H-pyrrole nitrogens is 1. The van der Waals surface area contributed by atoms with Crippen LogP contribution in [0.25, 0.3) is 0 Å². The molecule has 0 amide bonds. The summed E-state index contributed by atoms with van der Waals surface area (Å²) >= 11 is 4.90. The third kappa shape index (κ3) is 1.75. The molecule has 6 nitrogen and oxygen atoms in total. The molecule has 0 spiro atoms. The first-order chi connectivity index (χ1) is 6.36. The second-order valence-electron chi connectivity index (χ2n) is 2.37. The topological polar surface area (TPSA) is 72.3 Å². The van der Waals surface area contributed by atoms with Crippen molar-refractivity contribution in [2.24, 2.45) is 0 Å². The van der Waals surface area contributed by atoms with Gasteiger partial charge in [-0.1, -0.05) is 10.3 Å². The highest BCUT2D eigenvalue weighted by Crippen LogP contribution is 1.94. The lowest BCUT2D eigenvalue weighted by Crippen LogP contribution is -2.03. The van der Waals surface area contributed by atoms with Crippen molar-refractivity contribution in [3.8, 4) is 0 Å². The van der Waals surface area contributed by atoms with Gasteiger partial charge in [-0.15, -0.1) is 0 Å². The Morgan fingerprint density at radius 1 is 1.54 bits per heavy atom. The Hall–Kier alpha value is -1.63. The molecular formula is C6H6N6S. The fourth-order valence-electron chi connectivity index (χ4n) is 0.892. The average molecular weight is 194 g/mol. The van der Waals surface area contributed by atoms with Crippen LogP contribution in [0.2, 0.25) is 0 Å². The van der Waals surface area contributed by atoms with Crippen LogP contribution < -0.4 is 0 Å². The Labute approximate surface area is 78.6 Å². The van der Waals surface area contributed by atoms with Crippen LogP contribution in [0.4, 0.5) is 0 Å². The van der Waals surface area contributed by atoms with Crippen molar-refractivity contribution in [2.75, 3.05) is 0 Å². The van der Waals surface area contributed by atoms with E-state index >= 15 is 0 Å². The molecule has 0 aliphatic carbocycles. The van der Waals surface area contributed by atoms with Gasteiger partial charge in [-0.25, -0.2) is 14.6 Å². The fraction of sp³-hybridized carbons (Fsp3) is 0.167. The number of tetrazole rings is 1. The summed E-state index contributed by atoms with van der Waals surface area (Å²) in [6, 6.07) is 1.81. The van der Waals surface area contributed by atoms with Gasteiger partial charge in [0.05, 0.1) is 12.2 Å². The van der Waals surface area contributed by atoms with Gasteiger partial charge in [-0.05, 0) is 18.3 Å². The number of hydrogen-bond acceptors (Lipinski definition) is 5. The van der Waals surface area contributed by atoms with Crippen LogP contribution in [0.5, 0.6) is 0 Å². The summed E-state index contributed by atoms with van der Waals surface area (Å²) in [5.41, 5.74) is 0.858. The molecule has 2 heterocycles. The van der Waals surface area contributed by atoms with Crippen LogP contribution in [0.15, 0.2) is 18.6 Å². The lowest BCUT2D eigenvalue weighted by molar-refractivity contribution is 0.630. The first-order valence-corrected chi connectivity index (χ1v) is 4.00. The Morgan fingerprint density at radius 2 is 2.46 bits per heavy atom. The molecule has 0 saturated heterocycles. The molecule has 0 unspecified atom stereocenters. The maximum absolute atomic E-state index is 4.90. The molecule has 0 atom stereocenters. The van der Waals surface area contributed by atoms with Gasteiger partial charge in [-0.2, -0.15) is 5.21 Å². The van der Waals surface area contributed by atoms with E-state index in [0.29, 0.717) is 11.3 Å². The summed E-state index contributed by atoms with van der Waals surface area (Å²) in [4.78, 5) is 7.85. The van der Waals surface area contributed by atoms with Crippen molar-refractivity contribution in [3.63, 3.8) is 0 Å². The maximum atomic E-state index is 4.90. The summed E-state index contributed by atoms with van der Waals surface area (Å²) < 4.78 is 2.04. The van der Waals surface area contributed by atoms with Gasteiger partial charge in [0, 0.05) is 6.20 Å². The summed E-state index contributed by atoms with van der Waals surface area (Å²) in [7, 11) is 0. The van der Waals surface area contributed by atoms with Crippen LogP contribution in [0, 0.1) is 4.77 Å². The van der Waals surface area contributed by atoms with E-state index in [0.717, 1.165) is 5.69 Å². The first kappa shape index (κ1) is 7.99. The second-order valence-corrected chi connectivity index (χ2v) is 2.73. The minimum Gasteiger partial charge on any atom is -0.245 e. The van der Waals surface area contributed by atoms with Crippen LogP contribution in [0.3, 0.4) is 0 Å². The van der Waals surface area contributed by atoms with E-state index in [-0.39, 0.29) is 0 Å². The van der Waals surface area contributed by atoms with Crippen molar-refractivity contribution in [2.45, 2.75) is 6.54 Å². The number of nitrogens with one attached hydrogen (secondary N) is 1. The van der Waals surface area contributed by atoms with Crippen LogP contribution in [-0.2, 0) is 6.54 Å². The van der Waals surface area contributed by atoms with Crippen LogP contribution in [-0.4, -0.2) is 30.2 Å².